The molecule has 0 unspecified atom stereocenters. The monoisotopic (exact) mass is 467 g/mol. The van der Waals surface area contributed by atoms with Gasteiger partial charge in [-0.1, -0.05) is 29.8 Å². The Morgan fingerprint density at radius 1 is 1.00 bits per heavy atom. The lowest BCUT2D eigenvalue weighted by Gasteiger charge is -2.09. The summed E-state index contributed by atoms with van der Waals surface area (Å²) in [6.07, 6.45) is 8.48. The number of anilines is 2. The number of rotatable bonds is 6. The number of imidazole rings is 1. The van der Waals surface area contributed by atoms with E-state index in [1.54, 1.807) is 12.3 Å². The van der Waals surface area contributed by atoms with Gasteiger partial charge in [-0.2, -0.15) is 0 Å². The number of carbonyl (C=O) groups excluding carboxylic acids is 1. The number of amides is 1. The average Bonchev–Trinajstić information content (AvgIpc) is 3.61. The number of carbonyl (C=O) groups is 1. The van der Waals surface area contributed by atoms with Crippen molar-refractivity contribution in [3.8, 4) is 0 Å². The van der Waals surface area contributed by atoms with Crippen molar-refractivity contribution in [3.63, 3.8) is 0 Å². The third-order valence-corrected chi connectivity index (χ3v) is 6.35. The van der Waals surface area contributed by atoms with Gasteiger partial charge in [0.2, 0.25) is 0 Å². The molecule has 1 aliphatic carbocycles. The first-order chi connectivity index (χ1) is 16.6. The third-order valence-electron chi connectivity index (χ3n) is 6.11. The molecular formula is C27H22ClN5O. The zero-order chi connectivity index (χ0) is 23.1. The number of hydrogen-bond acceptors (Lipinski definition) is 4. The van der Waals surface area contributed by atoms with Gasteiger partial charge in [0, 0.05) is 40.9 Å². The van der Waals surface area contributed by atoms with Crippen molar-refractivity contribution in [2.75, 3.05) is 10.6 Å². The molecule has 0 saturated heterocycles. The molecule has 2 aromatic carbocycles. The van der Waals surface area contributed by atoms with Crippen molar-refractivity contribution in [1.29, 1.82) is 0 Å². The summed E-state index contributed by atoms with van der Waals surface area (Å²) in [5, 5.41) is 8.84. The Hall–Kier alpha value is -3.90. The highest BCUT2D eigenvalue weighted by atomic mass is 35.5. The van der Waals surface area contributed by atoms with Gasteiger partial charge in [-0.25, -0.2) is 9.97 Å². The van der Waals surface area contributed by atoms with Gasteiger partial charge >= 0.3 is 0 Å². The first-order valence-electron chi connectivity index (χ1n) is 11.3. The maximum Gasteiger partial charge on any atom is 0.256 e. The molecule has 5 aromatic rings. The molecule has 1 amide bonds. The summed E-state index contributed by atoms with van der Waals surface area (Å²) in [6, 6.07) is 19.1. The highest BCUT2D eigenvalue weighted by Crippen LogP contribution is 2.39. The maximum absolute atomic E-state index is 12.8. The van der Waals surface area contributed by atoms with E-state index >= 15 is 0 Å². The molecule has 0 spiro atoms. The Bertz CT molecular complexity index is 1540. The van der Waals surface area contributed by atoms with E-state index in [-0.39, 0.29) is 5.91 Å². The smallest absolute Gasteiger partial charge is 0.256 e. The zero-order valence-corrected chi connectivity index (χ0v) is 19.1. The molecule has 6 nitrogen and oxygen atoms in total. The summed E-state index contributed by atoms with van der Waals surface area (Å²) in [4.78, 5) is 21.8. The van der Waals surface area contributed by atoms with E-state index < -0.39 is 0 Å². The number of nitrogens with one attached hydrogen (secondary N) is 2. The van der Waals surface area contributed by atoms with Crippen molar-refractivity contribution in [2.24, 2.45) is 0 Å². The molecule has 0 aliphatic heterocycles. The van der Waals surface area contributed by atoms with Gasteiger partial charge in [0.25, 0.3) is 5.91 Å². The van der Waals surface area contributed by atoms with Crippen molar-refractivity contribution in [1.82, 2.24) is 14.4 Å². The fourth-order valence-electron chi connectivity index (χ4n) is 4.15. The largest absolute Gasteiger partial charge is 0.379 e. The summed E-state index contributed by atoms with van der Waals surface area (Å²) in [7, 11) is 0. The molecule has 0 radical (unpaired) electrons. The van der Waals surface area contributed by atoms with Gasteiger partial charge in [0.05, 0.1) is 12.2 Å². The first-order valence-corrected chi connectivity index (χ1v) is 11.7. The zero-order valence-electron chi connectivity index (χ0n) is 18.3. The second-order valence-electron chi connectivity index (χ2n) is 8.68. The number of nitrogens with zero attached hydrogens (tertiary/aromatic N) is 3. The molecule has 168 valence electrons. The number of benzene rings is 2. The number of pyridine rings is 2. The number of hydrogen-bond donors (Lipinski definition) is 2. The van der Waals surface area contributed by atoms with Crippen LogP contribution in [0.4, 0.5) is 11.5 Å². The van der Waals surface area contributed by atoms with Crippen LogP contribution in [0, 0.1) is 0 Å². The van der Waals surface area contributed by atoms with E-state index in [1.165, 1.54) is 18.4 Å². The van der Waals surface area contributed by atoms with Gasteiger partial charge in [0.15, 0.2) is 0 Å². The lowest BCUT2D eigenvalue weighted by atomic mass is 10.1. The molecule has 1 saturated carbocycles. The van der Waals surface area contributed by atoms with Gasteiger partial charge in [-0.05, 0) is 71.5 Å². The molecule has 6 rings (SSSR count). The quantitative estimate of drug-likeness (QED) is 0.308. The Balaban J connectivity index is 1.14. The average molecular weight is 468 g/mol. The van der Waals surface area contributed by atoms with Crippen LogP contribution >= 0.6 is 11.6 Å². The normalized spacial score (nSPS) is 13.3. The van der Waals surface area contributed by atoms with Gasteiger partial charge in [-0.15, -0.1) is 0 Å². The molecule has 0 bridgehead atoms. The summed E-state index contributed by atoms with van der Waals surface area (Å²) in [5.74, 6) is 0.967. The minimum absolute atomic E-state index is 0.224. The summed E-state index contributed by atoms with van der Waals surface area (Å²) < 4.78 is 2.10. The van der Waals surface area contributed by atoms with Crippen molar-refractivity contribution in [3.05, 3.63) is 101 Å². The molecule has 2 N–H and O–H groups in total. The van der Waals surface area contributed by atoms with Crippen LogP contribution in [0.2, 0.25) is 5.02 Å². The minimum Gasteiger partial charge on any atom is -0.379 e. The van der Waals surface area contributed by atoms with Crippen LogP contribution in [0.25, 0.3) is 16.4 Å². The van der Waals surface area contributed by atoms with E-state index in [0.717, 1.165) is 27.8 Å². The molecule has 7 heteroatoms. The lowest BCUT2D eigenvalue weighted by molar-refractivity contribution is 0.102. The van der Waals surface area contributed by atoms with E-state index in [4.69, 9.17) is 16.6 Å². The lowest BCUT2D eigenvalue weighted by Crippen LogP contribution is -2.13. The van der Waals surface area contributed by atoms with Crippen LogP contribution < -0.4 is 10.6 Å². The van der Waals surface area contributed by atoms with Crippen LogP contribution in [0.15, 0.2) is 79.3 Å². The maximum atomic E-state index is 12.8. The van der Waals surface area contributed by atoms with Gasteiger partial charge in [0.1, 0.15) is 11.5 Å². The number of aromatic nitrogens is 3. The summed E-state index contributed by atoms with van der Waals surface area (Å²) in [5.41, 5.74) is 4.68. The van der Waals surface area contributed by atoms with Crippen molar-refractivity contribution in [2.45, 2.75) is 25.3 Å². The molecule has 1 aliphatic rings. The standard InChI is InChI=1S/C27H22ClN5O/c28-22-7-5-18-3-4-19(11-21(18)12-22)27(34)32-25-13-23(9-10-29-25)30-14-24-16-33-15-20(17-1-2-17)6-8-26(33)31-24/h3-13,15-17H,1-2,14H2,(H2,29,30,32,34). The Kier molecular flexibility index (Phi) is 5.15. The third kappa shape index (κ3) is 4.32. The molecule has 3 heterocycles. The molecule has 34 heavy (non-hydrogen) atoms. The second kappa shape index (κ2) is 8.47. The van der Waals surface area contributed by atoms with Crippen molar-refractivity contribution >= 4 is 45.4 Å². The van der Waals surface area contributed by atoms with Crippen LogP contribution in [0.3, 0.4) is 0 Å². The van der Waals surface area contributed by atoms with Crippen LogP contribution in [-0.4, -0.2) is 20.3 Å². The van der Waals surface area contributed by atoms with E-state index in [1.807, 2.05) is 42.5 Å². The fraction of sp³-hybridized carbons (Fsp3) is 0.148. The second-order valence-corrected chi connectivity index (χ2v) is 9.11. The first kappa shape index (κ1) is 20.7. The fourth-order valence-corrected chi connectivity index (χ4v) is 4.33. The number of fused-ring (bicyclic) bond motifs is 2. The number of halogens is 1. The van der Waals surface area contributed by atoms with Crippen LogP contribution in [-0.2, 0) is 6.54 Å². The highest BCUT2D eigenvalue weighted by Gasteiger charge is 2.23. The summed E-state index contributed by atoms with van der Waals surface area (Å²) in [6.45, 7) is 0.573. The van der Waals surface area contributed by atoms with Crippen molar-refractivity contribution < 1.29 is 4.79 Å². The highest BCUT2D eigenvalue weighted by molar-refractivity contribution is 6.31. The van der Waals surface area contributed by atoms with Crippen LogP contribution in [0.5, 0.6) is 0 Å². The topological polar surface area (TPSA) is 71.3 Å². The molecule has 3 aromatic heterocycles. The molecular weight excluding hydrogens is 446 g/mol. The van der Waals surface area contributed by atoms with E-state index in [9.17, 15) is 4.79 Å². The van der Waals surface area contributed by atoms with E-state index in [0.29, 0.717) is 28.9 Å². The predicted octanol–water partition coefficient (Wildman–Crippen LogP) is 6.28. The molecule has 1 fully saturated rings. The van der Waals surface area contributed by atoms with Gasteiger partial charge in [-0.3, -0.25) is 4.79 Å². The van der Waals surface area contributed by atoms with Crippen LogP contribution in [0.1, 0.15) is 40.4 Å². The predicted molar refractivity (Wildman–Crippen MR) is 136 cm³/mol. The Morgan fingerprint density at radius 3 is 2.76 bits per heavy atom. The minimum atomic E-state index is -0.224. The van der Waals surface area contributed by atoms with Gasteiger partial charge < -0.3 is 15.0 Å². The summed E-state index contributed by atoms with van der Waals surface area (Å²) >= 11 is 6.09. The Labute approximate surface area is 201 Å². The van der Waals surface area contributed by atoms with E-state index in [2.05, 4.69) is 44.5 Å². The Morgan fingerprint density at radius 2 is 1.88 bits per heavy atom. The molecule has 0 atom stereocenters. The SMILES string of the molecule is O=C(Nc1cc(NCc2cn3cc(C4CC4)ccc3n2)ccn1)c1ccc2ccc(Cl)cc2c1.